The van der Waals surface area contributed by atoms with Crippen LogP contribution in [0.15, 0.2) is 0 Å². The molecule has 1 saturated carbocycles. The van der Waals surface area contributed by atoms with Gasteiger partial charge in [-0.05, 0) is 51.4 Å². The first-order chi connectivity index (χ1) is 9.28. The average Bonchev–Trinajstić information content (AvgIpc) is 3.21. The highest BCUT2D eigenvalue weighted by molar-refractivity contribution is 5.50. The summed E-state index contributed by atoms with van der Waals surface area (Å²) in [6.07, 6.45) is 7.32. The van der Waals surface area contributed by atoms with Crippen LogP contribution in [0.5, 0.6) is 0 Å². The van der Waals surface area contributed by atoms with Crippen molar-refractivity contribution >= 4 is 5.82 Å². The topological polar surface area (TPSA) is 49.2 Å². The van der Waals surface area contributed by atoms with Gasteiger partial charge in [0.25, 0.3) is 0 Å². The number of fused-ring (bicyclic) bond motifs is 1. The van der Waals surface area contributed by atoms with Gasteiger partial charge in [-0.1, -0.05) is 0 Å². The van der Waals surface area contributed by atoms with Crippen molar-refractivity contribution < 1.29 is 5.11 Å². The second-order valence-electron chi connectivity index (χ2n) is 5.84. The Balaban J connectivity index is 1.93. The van der Waals surface area contributed by atoms with Gasteiger partial charge in [0.05, 0.1) is 6.61 Å². The molecule has 2 aliphatic carbocycles. The molecule has 0 aromatic carbocycles. The second kappa shape index (κ2) is 5.45. The van der Waals surface area contributed by atoms with Crippen LogP contribution in [0.2, 0.25) is 0 Å². The van der Waals surface area contributed by atoms with E-state index in [0.717, 1.165) is 36.9 Å². The van der Waals surface area contributed by atoms with Crippen LogP contribution < -0.4 is 4.90 Å². The first-order valence-electron chi connectivity index (χ1n) is 7.50. The van der Waals surface area contributed by atoms with Crippen molar-refractivity contribution in [2.75, 3.05) is 24.6 Å². The molecule has 0 radical (unpaired) electrons. The van der Waals surface area contributed by atoms with Crippen molar-refractivity contribution in [1.82, 2.24) is 9.97 Å². The number of aromatic nitrogens is 2. The maximum absolute atomic E-state index is 9.32. The van der Waals surface area contributed by atoms with Gasteiger partial charge in [0.2, 0.25) is 0 Å². The quantitative estimate of drug-likeness (QED) is 0.879. The largest absolute Gasteiger partial charge is 0.395 e. The molecular weight excluding hydrogens is 238 g/mol. The van der Waals surface area contributed by atoms with E-state index < -0.39 is 0 Å². The van der Waals surface area contributed by atoms with Crippen LogP contribution in [0.25, 0.3) is 0 Å². The Morgan fingerprint density at radius 3 is 2.74 bits per heavy atom. The lowest BCUT2D eigenvalue weighted by molar-refractivity contribution is 0.300. The summed E-state index contributed by atoms with van der Waals surface area (Å²) in [6.45, 7) is 3.92. The summed E-state index contributed by atoms with van der Waals surface area (Å²) in [4.78, 5) is 11.6. The van der Waals surface area contributed by atoms with Crippen LogP contribution in [0.1, 0.15) is 42.8 Å². The smallest absolute Gasteiger partial charge is 0.135 e. The van der Waals surface area contributed by atoms with Crippen molar-refractivity contribution in [3.05, 3.63) is 17.1 Å². The molecule has 0 saturated heterocycles. The van der Waals surface area contributed by atoms with Gasteiger partial charge in [0.15, 0.2) is 0 Å². The lowest BCUT2D eigenvalue weighted by atomic mass is 9.96. The SMILES string of the molecule is Cc1nc2c(c(N(CCO)CC3CC3)n1)CCCC2. The number of aryl methyl sites for hydroxylation is 2. The van der Waals surface area contributed by atoms with Crippen LogP contribution in [0.4, 0.5) is 5.82 Å². The molecule has 104 valence electrons. The minimum atomic E-state index is 0.199. The molecule has 1 N–H and O–H groups in total. The van der Waals surface area contributed by atoms with Gasteiger partial charge in [-0.2, -0.15) is 0 Å². The number of hydrogen-bond acceptors (Lipinski definition) is 4. The van der Waals surface area contributed by atoms with E-state index in [2.05, 4.69) is 14.9 Å². The van der Waals surface area contributed by atoms with Gasteiger partial charge in [-0.3, -0.25) is 0 Å². The number of aliphatic hydroxyl groups excluding tert-OH is 1. The third kappa shape index (κ3) is 2.89. The van der Waals surface area contributed by atoms with Crippen molar-refractivity contribution in [2.45, 2.75) is 45.4 Å². The van der Waals surface area contributed by atoms with Gasteiger partial charge >= 0.3 is 0 Å². The molecule has 4 heteroatoms. The van der Waals surface area contributed by atoms with E-state index in [9.17, 15) is 5.11 Å². The number of rotatable bonds is 5. The zero-order valence-corrected chi connectivity index (χ0v) is 11.7. The van der Waals surface area contributed by atoms with E-state index in [1.54, 1.807) is 0 Å². The Kier molecular flexibility index (Phi) is 3.69. The molecule has 0 atom stereocenters. The van der Waals surface area contributed by atoms with E-state index in [-0.39, 0.29) is 6.61 Å². The molecule has 0 unspecified atom stereocenters. The minimum absolute atomic E-state index is 0.199. The molecule has 2 aliphatic rings. The van der Waals surface area contributed by atoms with Gasteiger partial charge in [-0.15, -0.1) is 0 Å². The fraction of sp³-hybridized carbons (Fsp3) is 0.733. The Morgan fingerprint density at radius 1 is 1.21 bits per heavy atom. The van der Waals surface area contributed by atoms with Crippen LogP contribution >= 0.6 is 0 Å². The molecule has 0 aliphatic heterocycles. The van der Waals surface area contributed by atoms with Gasteiger partial charge in [-0.25, -0.2) is 9.97 Å². The molecule has 1 aromatic heterocycles. The highest BCUT2D eigenvalue weighted by Gasteiger charge is 2.27. The van der Waals surface area contributed by atoms with E-state index >= 15 is 0 Å². The van der Waals surface area contributed by atoms with E-state index in [0.29, 0.717) is 6.54 Å². The zero-order valence-electron chi connectivity index (χ0n) is 11.7. The molecule has 0 amide bonds. The highest BCUT2D eigenvalue weighted by Crippen LogP contribution is 2.33. The Morgan fingerprint density at radius 2 is 2.00 bits per heavy atom. The predicted molar refractivity (Wildman–Crippen MR) is 75.4 cm³/mol. The highest BCUT2D eigenvalue weighted by atomic mass is 16.3. The average molecular weight is 261 g/mol. The Labute approximate surface area is 114 Å². The molecule has 19 heavy (non-hydrogen) atoms. The second-order valence-corrected chi connectivity index (χ2v) is 5.84. The summed E-state index contributed by atoms with van der Waals surface area (Å²) in [7, 11) is 0. The summed E-state index contributed by atoms with van der Waals surface area (Å²) in [5, 5.41) is 9.32. The molecule has 1 heterocycles. The number of hydrogen-bond donors (Lipinski definition) is 1. The third-order valence-electron chi connectivity index (χ3n) is 4.12. The molecule has 4 nitrogen and oxygen atoms in total. The van der Waals surface area contributed by atoms with Crippen molar-refractivity contribution in [3.8, 4) is 0 Å². The molecule has 0 spiro atoms. The molecule has 1 fully saturated rings. The van der Waals surface area contributed by atoms with E-state index in [1.165, 1.54) is 36.9 Å². The fourth-order valence-corrected chi connectivity index (χ4v) is 2.97. The van der Waals surface area contributed by atoms with Gasteiger partial charge in [0, 0.05) is 24.3 Å². The van der Waals surface area contributed by atoms with E-state index in [1.807, 2.05) is 6.92 Å². The molecular formula is C15H23N3O. The summed E-state index contributed by atoms with van der Waals surface area (Å²) in [6, 6.07) is 0. The number of nitrogens with zero attached hydrogens (tertiary/aromatic N) is 3. The number of aliphatic hydroxyl groups is 1. The van der Waals surface area contributed by atoms with Crippen LogP contribution in [0, 0.1) is 12.8 Å². The summed E-state index contributed by atoms with van der Waals surface area (Å²) < 4.78 is 0. The van der Waals surface area contributed by atoms with Crippen LogP contribution in [0.3, 0.4) is 0 Å². The first kappa shape index (κ1) is 12.9. The normalized spacial score (nSPS) is 18.2. The monoisotopic (exact) mass is 261 g/mol. The minimum Gasteiger partial charge on any atom is -0.395 e. The van der Waals surface area contributed by atoms with Crippen molar-refractivity contribution in [2.24, 2.45) is 5.92 Å². The van der Waals surface area contributed by atoms with Crippen molar-refractivity contribution in [3.63, 3.8) is 0 Å². The molecule has 0 bridgehead atoms. The lowest BCUT2D eigenvalue weighted by Gasteiger charge is -2.28. The van der Waals surface area contributed by atoms with Crippen LogP contribution in [-0.4, -0.2) is 34.8 Å². The Hall–Kier alpha value is -1.16. The zero-order chi connectivity index (χ0) is 13.2. The first-order valence-corrected chi connectivity index (χ1v) is 7.50. The van der Waals surface area contributed by atoms with E-state index in [4.69, 9.17) is 0 Å². The van der Waals surface area contributed by atoms with Gasteiger partial charge < -0.3 is 10.0 Å². The predicted octanol–water partition coefficient (Wildman–Crippen LogP) is 1.87. The van der Waals surface area contributed by atoms with Gasteiger partial charge in [0.1, 0.15) is 11.6 Å². The maximum Gasteiger partial charge on any atom is 0.135 e. The summed E-state index contributed by atoms with van der Waals surface area (Å²) in [5.74, 6) is 2.78. The summed E-state index contributed by atoms with van der Waals surface area (Å²) >= 11 is 0. The fourth-order valence-electron chi connectivity index (χ4n) is 2.97. The molecule has 1 aromatic rings. The number of anilines is 1. The van der Waals surface area contributed by atoms with Crippen molar-refractivity contribution in [1.29, 1.82) is 0 Å². The maximum atomic E-state index is 9.32. The third-order valence-corrected chi connectivity index (χ3v) is 4.12. The standard InChI is InChI=1S/C15H23N3O/c1-11-16-14-5-3-2-4-13(14)15(17-11)18(8-9-19)10-12-6-7-12/h12,19H,2-10H2,1H3. The van der Waals surface area contributed by atoms with Crippen LogP contribution in [-0.2, 0) is 12.8 Å². The lowest BCUT2D eigenvalue weighted by Crippen LogP contribution is -2.32. The summed E-state index contributed by atoms with van der Waals surface area (Å²) in [5.41, 5.74) is 2.58. The Bertz CT molecular complexity index is 457. The molecule has 3 rings (SSSR count).